The lowest BCUT2D eigenvalue weighted by Crippen LogP contribution is -2.30. The van der Waals surface area contributed by atoms with Crippen LogP contribution in [0.5, 0.6) is 0 Å². The number of carboxylic acids is 1. The summed E-state index contributed by atoms with van der Waals surface area (Å²) in [7, 11) is 0. The number of aromatic nitrogens is 3. The first kappa shape index (κ1) is 17.0. The van der Waals surface area contributed by atoms with Crippen LogP contribution < -0.4 is 0 Å². The van der Waals surface area contributed by atoms with Crippen LogP contribution in [0.3, 0.4) is 0 Å². The Balaban J connectivity index is 0.00000192. The van der Waals surface area contributed by atoms with Gasteiger partial charge in [0.15, 0.2) is 5.69 Å². The van der Waals surface area contributed by atoms with Crippen molar-refractivity contribution in [2.45, 2.75) is 13.0 Å². The van der Waals surface area contributed by atoms with Gasteiger partial charge in [-0.05, 0) is 12.0 Å². The summed E-state index contributed by atoms with van der Waals surface area (Å²) in [5, 5.41) is 16.8. The van der Waals surface area contributed by atoms with Gasteiger partial charge >= 0.3 is 5.97 Å². The van der Waals surface area contributed by atoms with Crippen LogP contribution in [-0.4, -0.2) is 50.0 Å². The minimum absolute atomic E-state index is 0. The molecule has 122 valence electrons. The zero-order valence-electron chi connectivity index (χ0n) is 12.3. The summed E-state index contributed by atoms with van der Waals surface area (Å²) < 4.78 is 1.60. The van der Waals surface area contributed by atoms with Crippen LogP contribution in [0.1, 0.15) is 22.5 Å². The molecule has 1 amide bonds. The van der Waals surface area contributed by atoms with Gasteiger partial charge in [-0.1, -0.05) is 35.5 Å². The SMILES string of the molecule is Cl.O=C(O)C1CCN(C(=O)c2cn(Cc3ccccc3)nn2)C1. The molecule has 23 heavy (non-hydrogen) atoms. The molecule has 1 aromatic carbocycles. The highest BCUT2D eigenvalue weighted by Gasteiger charge is 2.32. The molecule has 1 aliphatic heterocycles. The number of carbonyl (C=O) groups excluding carboxylic acids is 1. The fourth-order valence-electron chi connectivity index (χ4n) is 2.55. The molecule has 1 saturated heterocycles. The van der Waals surface area contributed by atoms with E-state index in [1.165, 1.54) is 4.90 Å². The molecular formula is C15H17ClN4O3. The highest BCUT2D eigenvalue weighted by Crippen LogP contribution is 2.18. The first-order valence-corrected chi connectivity index (χ1v) is 7.09. The van der Waals surface area contributed by atoms with Crippen molar-refractivity contribution in [3.63, 3.8) is 0 Å². The quantitative estimate of drug-likeness (QED) is 0.909. The highest BCUT2D eigenvalue weighted by molar-refractivity contribution is 5.92. The summed E-state index contributed by atoms with van der Waals surface area (Å²) in [5.41, 5.74) is 1.32. The molecular weight excluding hydrogens is 320 g/mol. The van der Waals surface area contributed by atoms with Crippen LogP contribution in [0.25, 0.3) is 0 Å². The van der Waals surface area contributed by atoms with Crippen molar-refractivity contribution in [1.29, 1.82) is 0 Å². The molecule has 8 heteroatoms. The van der Waals surface area contributed by atoms with Crippen LogP contribution in [0, 0.1) is 5.92 Å². The van der Waals surface area contributed by atoms with Crippen LogP contribution in [-0.2, 0) is 11.3 Å². The number of benzene rings is 1. The third-order valence-corrected chi connectivity index (χ3v) is 3.77. The maximum absolute atomic E-state index is 12.3. The standard InChI is InChI=1S/C15H16N4O3.ClH/c20-14(18-7-6-12(9-18)15(21)22)13-10-19(17-16-13)8-11-4-2-1-3-5-11;/h1-5,10,12H,6-9H2,(H,21,22);1H. The van der Waals surface area contributed by atoms with E-state index in [1.807, 2.05) is 30.3 Å². The second-order valence-corrected chi connectivity index (χ2v) is 5.36. The molecule has 0 aliphatic carbocycles. The van der Waals surface area contributed by atoms with Gasteiger partial charge < -0.3 is 10.0 Å². The molecule has 1 N–H and O–H groups in total. The second-order valence-electron chi connectivity index (χ2n) is 5.36. The zero-order valence-corrected chi connectivity index (χ0v) is 13.1. The third-order valence-electron chi connectivity index (χ3n) is 3.77. The number of nitrogens with zero attached hydrogens (tertiary/aromatic N) is 4. The van der Waals surface area contributed by atoms with Gasteiger partial charge in [-0.25, -0.2) is 4.68 Å². The maximum Gasteiger partial charge on any atom is 0.308 e. The average Bonchev–Trinajstić information content (AvgIpc) is 3.17. The normalized spacial score (nSPS) is 16.9. The molecule has 1 aliphatic rings. The minimum atomic E-state index is -0.858. The number of hydrogen-bond donors (Lipinski definition) is 1. The van der Waals surface area contributed by atoms with Crippen LogP contribution in [0.2, 0.25) is 0 Å². The molecule has 1 unspecified atom stereocenters. The zero-order chi connectivity index (χ0) is 15.5. The van der Waals surface area contributed by atoms with Crippen LogP contribution >= 0.6 is 12.4 Å². The number of amides is 1. The Morgan fingerprint density at radius 2 is 2.00 bits per heavy atom. The summed E-state index contributed by atoms with van der Waals surface area (Å²) in [4.78, 5) is 24.8. The van der Waals surface area contributed by atoms with Crippen molar-refractivity contribution >= 4 is 24.3 Å². The number of carboxylic acid groups (broad SMARTS) is 1. The molecule has 0 radical (unpaired) electrons. The first-order chi connectivity index (χ1) is 10.6. The average molecular weight is 337 g/mol. The largest absolute Gasteiger partial charge is 0.481 e. The van der Waals surface area contributed by atoms with Gasteiger partial charge in [0.2, 0.25) is 0 Å². The predicted octanol–water partition coefficient (Wildman–Crippen LogP) is 1.29. The van der Waals surface area contributed by atoms with E-state index in [-0.39, 0.29) is 30.6 Å². The van der Waals surface area contributed by atoms with Gasteiger partial charge in [-0.2, -0.15) is 0 Å². The van der Waals surface area contributed by atoms with E-state index >= 15 is 0 Å². The maximum atomic E-state index is 12.3. The van der Waals surface area contributed by atoms with Gasteiger partial charge in [0.05, 0.1) is 18.7 Å². The van der Waals surface area contributed by atoms with Crippen molar-refractivity contribution < 1.29 is 14.7 Å². The van der Waals surface area contributed by atoms with Crippen molar-refractivity contribution in [2.24, 2.45) is 5.92 Å². The van der Waals surface area contributed by atoms with E-state index in [1.54, 1.807) is 10.9 Å². The van der Waals surface area contributed by atoms with Crippen molar-refractivity contribution in [1.82, 2.24) is 19.9 Å². The molecule has 2 heterocycles. The number of carbonyl (C=O) groups is 2. The molecule has 3 rings (SSSR count). The lowest BCUT2D eigenvalue weighted by Gasteiger charge is -2.13. The summed E-state index contributed by atoms with van der Waals surface area (Å²) >= 11 is 0. The monoisotopic (exact) mass is 336 g/mol. The molecule has 1 aromatic heterocycles. The summed E-state index contributed by atoms with van der Waals surface area (Å²) in [6.45, 7) is 1.22. The van der Waals surface area contributed by atoms with Crippen molar-refractivity contribution in [3.05, 3.63) is 47.8 Å². The molecule has 7 nitrogen and oxygen atoms in total. The number of hydrogen-bond acceptors (Lipinski definition) is 4. The lowest BCUT2D eigenvalue weighted by atomic mass is 10.1. The summed E-state index contributed by atoms with van der Waals surface area (Å²) in [6, 6.07) is 9.76. The Morgan fingerprint density at radius 1 is 1.26 bits per heavy atom. The Labute approximate surface area is 139 Å². The van der Waals surface area contributed by atoms with Crippen LogP contribution in [0.15, 0.2) is 36.5 Å². The van der Waals surface area contributed by atoms with Gasteiger partial charge in [-0.3, -0.25) is 9.59 Å². The minimum Gasteiger partial charge on any atom is -0.481 e. The fraction of sp³-hybridized carbons (Fsp3) is 0.333. The second kappa shape index (κ2) is 7.23. The van der Waals surface area contributed by atoms with Gasteiger partial charge in [0.25, 0.3) is 5.91 Å². The summed E-state index contributed by atoms with van der Waals surface area (Å²) in [6.07, 6.45) is 2.09. The Morgan fingerprint density at radius 3 is 2.65 bits per heavy atom. The Hall–Kier alpha value is -2.41. The Bertz CT molecular complexity index is 689. The van der Waals surface area contributed by atoms with Crippen molar-refractivity contribution in [3.8, 4) is 0 Å². The van der Waals surface area contributed by atoms with E-state index in [9.17, 15) is 9.59 Å². The number of likely N-dealkylation sites (tertiary alicyclic amines) is 1. The van der Waals surface area contributed by atoms with Crippen LogP contribution in [0.4, 0.5) is 0 Å². The lowest BCUT2D eigenvalue weighted by molar-refractivity contribution is -0.141. The molecule has 0 saturated carbocycles. The Kier molecular flexibility index (Phi) is 5.33. The number of halogens is 1. The van der Waals surface area contributed by atoms with Gasteiger partial charge in [0.1, 0.15) is 0 Å². The van der Waals surface area contributed by atoms with E-state index in [0.717, 1.165) is 5.56 Å². The van der Waals surface area contributed by atoms with E-state index in [4.69, 9.17) is 5.11 Å². The number of rotatable bonds is 4. The summed E-state index contributed by atoms with van der Waals surface area (Å²) in [5.74, 6) is -1.60. The van der Waals surface area contributed by atoms with E-state index in [2.05, 4.69) is 10.3 Å². The van der Waals surface area contributed by atoms with Crippen molar-refractivity contribution in [2.75, 3.05) is 13.1 Å². The smallest absolute Gasteiger partial charge is 0.308 e. The highest BCUT2D eigenvalue weighted by atomic mass is 35.5. The number of aliphatic carboxylic acids is 1. The first-order valence-electron chi connectivity index (χ1n) is 7.09. The molecule has 2 aromatic rings. The van der Waals surface area contributed by atoms with E-state index in [0.29, 0.717) is 19.5 Å². The molecule has 1 fully saturated rings. The molecule has 0 spiro atoms. The third kappa shape index (κ3) is 3.87. The predicted molar refractivity (Wildman–Crippen MR) is 84.5 cm³/mol. The van der Waals surface area contributed by atoms with E-state index < -0.39 is 11.9 Å². The molecule has 0 bridgehead atoms. The topological polar surface area (TPSA) is 88.3 Å². The fourth-order valence-corrected chi connectivity index (χ4v) is 2.55. The molecule has 1 atom stereocenters. The van der Waals surface area contributed by atoms with Gasteiger partial charge in [-0.15, -0.1) is 17.5 Å². The van der Waals surface area contributed by atoms with Gasteiger partial charge in [0, 0.05) is 13.1 Å².